The van der Waals surface area contributed by atoms with Gasteiger partial charge in [-0.1, -0.05) is 12.8 Å². The topological polar surface area (TPSA) is 85.8 Å². The molecule has 2 atom stereocenters. The number of nitrogens with zero attached hydrogens (tertiary/aromatic N) is 5. The van der Waals surface area contributed by atoms with Crippen molar-refractivity contribution in [2.75, 3.05) is 0 Å². The van der Waals surface area contributed by atoms with Crippen molar-refractivity contribution in [2.24, 2.45) is 5.92 Å². The SMILES string of the molecule is O=C(O)CC(C1CCCC1)n1cc(-c2ncnc3c2ccn3P)cn1.[Y]. The average molecular weight is 446 g/mol. The molecule has 0 spiro atoms. The quantitative estimate of drug-likeness (QED) is 0.609. The predicted octanol–water partition coefficient (Wildman–Crippen LogP) is 3.14. The zero-order valence-corrected chi connectivity index (χ0v) is 18.3. The van der Waals surface area contributed by atoms with Crippen LogP contribution in [0.25, 0.3) is 22.3 Å². The van der Waals surface area contributed by atoms with Crippen LogP contribution in [-0.2, 0) is 37.5 Å². The number of rotatable bonds is 5. The molecule has 0 saturated heterocycles. The third kappa shape index (κ3) is 3.76. The summed E-state index contributed by atoms with van der Waals surface area (Å²) in [7, 11) is 2.60. The fraction of sp³-hybridized carbons (Fsp3) is 0.412. The minimum atomic E-state index is -0.779. The molecule has 1 aliphatic rings. The number of carbonyl (C=O) groups is 1. The normalized spacial score (nSPS) is 15.9. The average Bonchev–Trinajstić information content (AvgIpc) is 3.34. The minimum Gasteiger partial charge on any atom is -0.481 e. The van der Waals surface area contributed by atoms with E-state index < -0.39 is 5.97 Å². The Kier molecular flexibility index (Phi) is 6.21. The standard InChI is InChI=1S/C17H20N5O2P.Y/c23-15(24)7-14(11-3-1-2-4-11)21-9-12(8-20-21)16-13-5-6-22(25)17(13)19-10-18-16;/h5-6,8-11,14H,1-4,7,25H2,(H,23,24);. The number of fused-ring (bicyclic) bond motifs is 1. The number of hydrogen-bond acceptors (Lipinski definition) is 4. The molecule has 1 N–H and O–H groups in total. The van der Waals surface area contributed by atoms with Crippen molar-refractivity contribution in [1.82, 2.24) is 24.1 Å². The molecule has 0 amide bonds. The van der Waals surface area contributed by atoms with Gasteiger partial charge in [-0.3, -0.25) is 9.48 Å². The van der Waals surface area contributed by atoms with Gasteiger partial charge < -0.3 is 9.44 Å². The summed E-state index contributed by atoms with van der Waals surface area (Å²) in [6, 6.07) is 1.87. The van der Waals surface area contributed by atoms with Crippen LogP contribution in [0.15, 0.2) is 31.0 Å². The first-order valence-corrected chi connectivity index (χ1v) is 8.98. The maximum absolute atomic E-state index is 11.3. The molecule has 133 valence electrons. The van der Waals surface area contributed by atoms with Gasteiger partial charge in [0.1, 0.15) is 12.0 Å². The Morgan fingerprint density at radius 2 is 2.12 bits per heavy atom. The molecule has 7 nitrogen and oxygen atoms in total. The number of aliphatic carboxylic acids is 1. The first-order chi connectivity index (χ1) is 12.1. The predicted molar refractivity (Wildman–Crippen MR) is 97.1 cm³/mol. The second-order valence-electron chi connectivity index (χ2n) is 6.60. The van der Waals surface area contributed by atoms with Crippen molar-refractivity contribution >= 4 is 26.4 Å². The Balaban J connectivity index is 0.00000196. The van der Waals surface area contributed by atoms with Crippen LogP contribution in [0.1, 0.15) is 38.1 Å². The van der Waals surface area contributed by atoms with Crippen molar-refractivity contribution in [3.8, 4) is 11.3 Å². The Labute approximate surface area is 178 Å². The number of hydrogen-bond donors (Lipinski definition) is 1. The second kappa shape index (κ2) is 8.24. The van der Waals surface area contributed by atoms with E-state index in [0.717, 1.165) is 35.1 Å². The number of carboxylic acids is 1. The van der Waals surface area contributed by atoms with Gasteiger partial charge in [0.25, 0.3) is 0 Å². The van der Waals surface area contributed by atoms with Crippen LogP contribution in [-0.4, -0.2) is 35.2 Å². The van der Waals surface area contributed by atoms with Gasteiger partial charge in [-0.2, -0.15) is 5.10 Å². The molecule has 3 aromatic heterocycles. The zero-order chi connectivity index (χ0) is 17.4. The van der Waals surface area contributed by atoms with Crippen LogP contribution < -0.4 is 0 Å². The van der Waals surface area contributed by atoms with Gasteiger partial charge in [0.15, 0.2) is 0 Å². The number of carboxylic acid groups (broad SMARTS) is 1. The van der Waals surface area contributed by atoms with E-state index in [9.17, 15) is 9.90 Å². The van der Waals surface area contributed by atoms with E-state index in [2.05, 4.69) is 24.5 Å². The van der Waals surface area contributed by atoms with E-state index in [1.54, 1.807) is 12.5 Å². The zero-order valence-electron chi connectivity index (χ0n) is 14.3. The molecule has 3 heterocycles. The molecule has 1 saturated carbocycles. The molecule has 4 rings (SSSR count). The summed E-state index contributed by atoms with van der Waals surface area (Å²) in [6.45, 7) is 0. The van der Waals surface area contributed by atoms with Crippen molar-refractivity contribution in [3.63, 3.8) is 0 Å². The maximum Gasteiger partial charge on any atom is 0.305 e. The van der Waals surface area contributed by atoms with E-state index in [1.165, 1.54) is 12.8 Å². The molecule has 3 aromatic rings. The molecule has 2 unspecified atom stereocenters. The molecule has 0 aliphatic heterocycles. The molecule has 0 bridgehead atoms. The van der Waals surface area contributed by atoms with Gasteiger partial charge >= 0.3 is 5.97 Å². The fourth-order valence-corrected chi connectivity index (χ4v) is 4.13. The molecule has 26 heavy (non-hydrogen) atoms. The molecule has 1 fully saturated rings. The van der Waals surface area contributed by atoms with Crippen molar-refractivity contribution in [1.29, 1.82) is 0 Å². The third-order valence-corrected chi connectivity index (χ3v) is 5.47. The minimum absolute atomic E-state index is 0. The summed E-state index contributed by atoms with van der Waals surface area (Å²) < 4.78 is 3.70. The summed E-state index contributed by atoms with van der Waals surface area (Å²) in [5.74, 6) is -0.402. The van der Waals surface area contributed by atoms with Gasteiger partial charge in [-0.25, -0.2) is 9.97 Å². The summed E-state index contributed by atoms with van der Waals surface area (Å²) in [6.07, 6.45) is 11.7. The van der Waals surface area contributed by atoms with E-state index >= 15 is 0 Å². The van der Waals surface area contributed by atoms with Gasteiger partial charge in [0.05, 0.1) is 24.4 Å². The summed E-state index contributed by atoms with van der Waals surface area (Å²) in [5, 5.41) is 14.7. The first kappa shape index (κ1) is 19.6. The summed E-state index contributed by atoms with van der Waals surface area (Å²) in [5.41, 5.74) is 2.54. The second-order valence-corrected chi connectivity index (χ2v) is 7.16. The van der Waals surface area contributed by atoms with E-state index in [1.807, 2.05) is 27.5 Å². The molecule has 0 aromatic carbocycles. The van der Waals surface area contributed by atoms with Gasteiger partial charge in [-0.15, -0.1) is 0 Å². The largest absolute Gasteiger partial charge is 0.481 e. The number of aromatic nitrogens is 5. The smallest absolute Gasteiger partial charge is 0.305 e. The molecule has 1 aliphatic carbocycles. The van der Waals surface area contributed by atoms with Crippen LogP contribution in [0.4, 0.5) is 0 Å². The first-order valence-electron chi connectivity index (χ1n) is 8.47. The van der Waals surface area contributed by atoms with E-state index in [-0.39, 0.29) is 45.2 Å². The molecule has 9 heteroatoms. The maximum atomic E-state index is 11.3. The van der Waals surface area contributed by atoms with Crippen molar-refractivity contribution in [3.05, 3.63) is 31.0 Å². The van der Waals surface area contributed by atoms with Crippen LogP contribution >= 0.6 is 9.39 Å². The summed E-state index contributed by atoms with van der Waals surface area (Å²) in [4.78, 5) is 20.0. The van der Waals surface area contributed by atoms with Crippen molar-refractivity contribution in [2.45, 2.75) is 38.1 Å². The fourth-order valence-electron chi connectivity index (χ4n) is 3.84. The summed E-state index contributed by atoms with van der Waals surface area (Å²) >= 11 is 0. The van der Waals surface area contributed by atoms with E-state index in [0.29, 0.717) is 5.92 Å². The Morgan fingerprint density at radius 3 is 2.85 bits per heavy atom. The Bertz CT molecular complexity index is 919. The molecular weight excluding hydrogens is 426 g/mol. The van der Waals surface area contributed by atoms with Crippen LogP contribution in [0.5, 0.6) is 0 Å². The Hall–Kier alpha value is -1.17. The third-order valence-electron chi connectivity index (χ3n) is 5.05. The van der Waals surface area contributed by atoms with Crippen LogP contribution in [0, 0.1) is 5.92 Å². The van der Waals surface area contributed by atoms with Crippen molar-refractivity contribution < 1.29 is 42.6 Å². The Morgan fingerprint density at radius 1 is 1.35 bits per heavy atom. The van der Waals surface area contributed by atoms with Gasteiger partial charge in [-0.05, 0) is 34.2 Å². The monoisotopic (exact) mass is 446 g/mol. The van der Waals surface area contributed by atoms with Crippen LogP contribution in [0.2, 0.25) is 0 Å². The van der Waals surface area contributed by atoms with Crippen LogP contribution in [0.3, 0.4) is 0 Å². The van der Waals surface area contributed by atoms with Gasteiger partial charge in [0, 0.05) is 56.1 Å². The van der Waals surface area contributed by atoms with Gasteiger partial charge in [0.2, 0.25) is 0 Å². The van der Waals surface area contributed by atoms with E-state index in [4.69, 9.17) is 0 Å². The molecular formula is C17H20N5O2PY. The molecule has 1 radical (unpaired) electrons.